The van der Waals surface area contributed by atoms with Crippen LogP contribution in [-0.4, -0.2) is 11.1 Å². The van der Waals surface area contributed by atoms with Crippen LogP contribution in [0.15, 0.2) is 0 Å². The minimum absolute atomic E-state index is 0.224. The molecule has 0 aromatic rings. The quantitative estimate of drug-likeness (QED) is 0.582. The van der Waals surface area contributed by atoms with E-state index in [4.69, 9.17) is 11.5 Å². The second kappa shape index (κ2) is 12.3. The topological polar surface area (TPSA) is 37.3 Å². The monoisotopic (exact) mass is 236 g/mol. The third kappa shape index (κ3) is 13.3. The Balaban J connectivity index is 3.67. The van der Waals surface area contributed by atoms with Crippen LogP contribution in [0.1, 0.15) is 32.1 Å². The fourth-order valence-corrected chi connectivity index (χ4v) is 0.965. The number of aliphatic carboxylic acids is 1. The molecule has 0 aliphatic rings. The lowest BCUT2D eigenvalue weighted by atomic mass is 10.1. The summed E-state index contributed by atoms with van der Waals surface area (Å²) >= 11 is 0. The SMILES string of the molecule is C#CC#CC#CC#CC#CCCCCCC(=O)O. The van der Waals surface area contributed by atoms with Gasteiger partial charge in [0.25, 0.3) is 0 Å². The lowest BCUT2D eigenvalue weighted by Crippen LogP contribution is -1.93. The Labute approximate surface area is 108 Å². The molecule has 0 saturated heterocycles. The fourth-order valence-electron chi connectivity index (χ4n) is 0.965. The average molecular weight is 236 g/mol. The molecule has 0 radical (unpaired) electrons. The molecule has 0 atom stereocenters. The molecule has 0 spiro atoms. The second-order valence-electron chi connectivity index (χ2n) is 3.15. The Hall–Kier alpha value is -2.73. The molecular weight excluding hydrogens is 224 g/mol. The summed E-state index contributed by atoms with van der Waals surface area (Å²) in [4.78, 5) is 10.2. The number of carbonyl (C=O) groups is 1. The Morgan fingerprint density at radius 3 is 2.11 bits per heavy atom. The summed E-state index contributed by atoms with van der Waals surface area (Å²) in [7, 11) is 0. The molecule has 2 heteroatoms. The van der Waals surface area contributed by atoms with Crippen molar-refractivity contribution in [2.24, 2.45) is 0 Å². The molecule has 88 valence electrons. The van der Waals surface area contributed by atoms with E-state index in [1.54, 1.807) is 0 Å². The van der Waals surface area contributed by atoms with Gasteiger partial charge in [-0.1, -0.05) is 12.3 Å². The van der Waals surface area contributed by atoms with E-state index in [1.807, 2.05) is 0 Å². The number of terminal acetylenes is 1. The highest BCUT2D eigenvalue weighted by Crippen LogP contribution is 2.01. The molecule has 0 aliphatic heterocycles. The molecule has 0 amide bonds. The van der Waals surface area contributed by atoms with Crippen LogP contribution >= 0.6 is 0 Å². The highest BCUT2D eigenvalue weighted by molar-refractivity contribution is 5.66. The Morgan fingerprint density at radius 1 is 0.889 bits per heavy atom. The molecule has 2 nitrogen and oxygen atoms in total. The number of carboxylic acids is 1. The van der Waals surface area contributed by atoms with Crippen molar-refractivity contribution in [1.82, 2.24) is 0 Å². The van der Waals surface area contributed by atoms with E-state index in [9.17, 15) is 4.79 Å². The summed E-state index contributed by atoms with van der Waals surface area (Å²) in [6.45, 7) is 0. The van der Waals surface area contributed by atoms with Gasteiger partial charge in [0.05, 0.1) is 0 Å². The van der Waals surface area contributed by atoms with Gasteiger partial charge in [0, 0.05) is 12.8 Å². The van der Waals surface area contributed by atoms with E-state index in [1.165, 1.54) is 0 Å². The molecular formula is C16H12O2. The van der Waals surface area contributed by atoms with Crippen molar-refractivity contribution in [1.29, 1.82) is 0 Å². The van der Waals surface area contributed by atoms with Crippen LogP contribution in [0.25, 0.3) is 0 Å². The van der Waals surface area contributed by atoms with Crippen molar-refractivity contribution in [2.45, 2.75) is 32.1 Å². The molecule has 0 saturated carbocycles. The molecule has 0 rings (SSSR count). The molecule has 18 heavy (non-hydrogen) atoms. The summed E-state index contributed by atoms with van der Waals surface area (Å²) in [6.07, 6.45) is 8.30. The smallest absolute Gasteiger partial charge is 0.303 e. The van der Waals surface area contributed by atoms with Gasteiger partial charge < -0.3 is 5.11 Å². The number of rotatable bonds is 5. The third-order valence-corrected chi connectivity index (χ3v) is 1.73. The normalized spacial score (nSPS) is 6.61. The van der Waals surface area contributed by atoms with Gasteiger partial charge >= 0.3 is 5.97 Å². The van der Waals surface area contributed by atoms with Crippen molar-refractivity contribution in [3.63, 3.8) is 0 Å². The molecule has 0 fully saturated rings. The standard InChI is InChI=1S/C16H12O2/c1-2-3-4-5-6-7-8-9-10-11-12-13-14-15-16(17)18/h1H,11-15H2,(H,17,18). The molecule has 0 unspecified atom stereocenters. The zero-order valence-corrected chi connectivity index (χ0v) is 9.97. The van der Waals surface area contributed by atoms with E-state index in [-0.39, 0.29) is 6.42 Å². The van der Waals surface area contributed by atoms with Crippen LogP contribution in [0.4, 0.5) is 0 Å². The maximum atomic E-state index is 10.2. The van der Waals surface area contributed by atoms with Crippen LogP contribution < -0.4 is 0 Å². The first kappa shape index (κ1) is 15.3. The lowest BCUT2D eigenvalue weighted by Gasteiger charge is -1.92. The van der Waals surface area contributed by atoms with Crippen molar-refractivity contribution in [2.75, 3.05) is 0 Å². The number of hydrogen-bond acceptors (Lipinski definition) is 1. The molecule has 0 aromatic heterocycles. The van der Waals surface area contributed by atoms with Gasteiger partial charge in [0.15, 0.2) is 0 Å². The van der Waals surface area contributed by atoms with Gasteiger partial charge in [0.2, 0.25) is 0 Å². The zero-order valence-electron chi connectivity index (χ0n) is 9.97. The van der Waals surface area contributed by atoms with Gasteiger partial charge in [-0.2, -0.15) is 0 Å². The molecule has 0 aliphatic carbocycles. The van der Waals surface area contributed by atoms with Crippen molar-refractivity contribution in [3.8, 4) is 59.7 Å². The van der Waals surface area contributed by atoms with Gasteiger partial charge in [-0.15, -0.1) is 6.42 Å². The number of unbranched alkanes of at least 4 members (excludes halogenated alkanes) is 3. The summed E-state index contributed by atoms with van der Waals surface area (Å²) in [6, 6.07) is 0. The fraction of sp³-hybridized carbons (Fsp3) is 0.312. The van der Waals surface area contributed by atoms with Crippen molar-refractivity contribution >= 4 is 5.97 Å². The van der Waals surface area contributed by atoms with Crippen LogP contribution in [0.5, 0.6) is 0 Å². The molecule has 0 heterocycles. The van der Waals surface area contributed by atoms with Crippen molar-refractivity contribution in [3.05, 3.63) is 0 Å². The van der Waals surface area contributed by atoms with Gasteiger partial charge in [-0.3, -0.25) is 4.79 Å². The first-order chi connectivity index (χ1) is 8.77. The first-order valence-electron chi connectivity index (χ1n) is 5.42. The van der Waals surface area contributed by atoms with E-state index in [2.05, 4.69) is 53.3 Å². The van der Waals surface area contributed by atoms with Gasteiger partial charge in [-0.05, 0) is 60.2 Å². The van der Waals surface area contributed by atoms with Gasteiger partial charge in [-0.25, -0.2) is 0 Å². The largest absolute Gasteiger partial charge is 0.481 e. The molecule has 0 bridgehead atoms. The van der Waals surface area contributed by atoms with Gasteiger partial charge in [0.1, 0.15) is 0 Å². The maximum absolute atomic E-state index is 10.2. The number of carboxylic acid groups (broad SMARTS) is 1. The van der Waals surface area contributed by atoms with E-state index in [0.717, 1.165) is 19.3 Å². The minimum atomic E-state index is -0.751. The van der Waals surface area contributed by atoms with Crippen LogP contribution in [0.2, 0.25) is 0 Å². The second-order valence-corrected chi connectivity index (χ2v) is 3.15. The maximum Gasteiger partial charge on any atom is 0.303 e. The third-order valence-electron chi connectivity index (χ3n) is 1.73. The Kier molecular flexibility index (Phi) is 10.5. The summed E-state index contributed by atoms with van der Waals surface area (Å²) in [5, 5.41) is 8.41. The average Bonchev–Trinajstić information content (AvgIpc) is 2.34. The highest BCUT2D eigenvalue weighted by atomic mass is 16.4. The predicted molar refractivity (Wildman–Crippen MR) is 70.7 cm³/mol. The summed E-state index contributed by atoms with van der Waals surface area (Å²) in [5.74, 6) is 21.7. The zero-order chi connectivity index (χ0) is 13.5. The van der Waals surface area contributed by atoms with E-state index in [0.29, 0.717) is 6.42 Å². The summed E-state index contributed by atoms with van der Waals surface area (Å²) < 4.78 is 0. The first-order valence-corrected chi connectivity index (χ1v) is 5.42. The van der Waals surface area contributed by atoms with Crippen molar-refractivity contribution < 1.29 is 9.90 Å². The van der Waals surface area contributed by atoms with E-state index < -0.39 is 5.97 Å². The van der Waals surface area contributed by atoms with Crippen LogP contribution in [0, 0.1) is 59.7 Å². The molecule has 0 aromatic carbocycles. The predicted octanol–water partition coefficient (Wildman–Crippen LogP) is 1.67. The Bertz CT molecular complexity index is 546. The van der Waals surface area contributed by atoms with Crippen LogP contribution in [-0.2, 0) is 4.79 Å². The molecule has 1 N–H and O–H groups in total. The highest BCUT2D eigenvalue weighted by Gasteiger charge is 1.94. The summed E-state index contributed by atoms with van der Waals surface area (Å²) in [5.41, 5.74) is 0. The number of hydrogen-bond donors (Lipinski definition) is 1. The Morgan fingerprint density at radius 2 is 1.50 bits per heavy atom. The lowest BCUT2D eigenvalue weighted by molar-refractivity contribution is -0.137. The minimum Gasteiger partial charge on any atom is -0.481 e. The van der Waals surface area contributed by atoms with Crippen LogP contribution in [0.3, 0.4) is 0 Å². The van der Waals surface area contributed by atoms with E-state index >= 15 is 0 Å².